The summed E-state index contributed by atoms with van der Waals surface area (Å²) in [6, 6.07) is 5.05. The molecule has 24 heavy (non-hydrogen) atoms. The summed E-state index contributed by atoms with van der Waals surface area (Å²) < 4.78 is 16.0. The molecule has 130 valence electrons. The Labute approximate surface area is 147 Å². The Hall–Kier alpha value is -2.28. The third-order valence-corrected chi connectivity index (χ3v) is 3.79. The normalized spacial score (nSPS) is 17.2. The van der Waals surface area contributed by atoms with Gasteiger partial charge in [0, 0.05) is 5.70 Å². The van der Waals surface area contributed by atoms with Crippen molar-refractivity contribution in [1.29, 1.82) is 0 Å². The van der Waals surface area contributed by atoms with E-state index in [0.717, 1.165) is 5.56 Å². The van der Waals surface area contributed by atoms with Gasteiger partial charge in [-0.3, -0.25) is 0 Å². The summed E-state index contributed by atoms with van der Waals surface area (Å²) >= 11 is 5.23. The molecule has 1 aromatic rings. The monoisotopic (exact) mass is 350 g/mol. The highest BCUT2D eigenvalue weighted by atomic mass is 32.1. The topological polar surface area (TPSA) is 68.8 Å². The number of methoxy groups -OCH3 is 2. The fourth-order valence-corrected chi connectivity index (χ4v) is 2.80. The first-order valence-corrected chi connectivity index (χ1v) is 7.99. The molecule has 0 aliphatic carbocycles. The molecule has 0 fully saturated rings. The molecule has 6 nitrogen and oxygen atoms in total. The molecule has 0 spiro atoms. The largest absolute Gasteiger partial charge is 0.493 e. The van der Waals surface area contributed by atoms with Gasteiger partial charge in [-0.05, 0) is 50.7 Å². The number of carbonyl (C=O) groups is 1. The minimum atomic E-state index is -0.426. The number of carbonyl (C=O) groups excluding carboxylic acids is 1. The van der Waals surface area contributed by atoms with Crippen molar-refractivity contribution in [3.05, 3.63) is 35.0 Å². The Bertz CT molecular complexity index is 685. The van der Waals surface area contributed by atoms with Gasteiger partial charge in [-0.25, -0.2) is 4.79 Å². The van der Waals surface area contributed by atoms with Gasteiger partial charge in [-0.1, -0.05) is 6.07 Å². The van der Waals surface area contributed by atoms with Crippen molar-refractivity contribution in [3.8, 4) is 11.5 Å². The van der Waals surface area contributed by atoms with Crippen LogP contribution in [-0.2, 0) is 9.53 Å². The van der Waals surface area contributed by atoms with Crippen LogP contribution in [0.3, 0.4) is 0 Å². The highest BCUT2D eigenvalue weighted by molar-refractivity contribution is 7.80. The molecule has 1 aliphatic heterocycles. The van der Waals surface area contributed by atoms with Crippen LogP contribution < -0.4 is 20.1 Å². The van der Waals surface area contributed by atoms with Crippen molar-refractivity contribution in [1.82, 2.24) is 10.6 Å². The second-order valence-corrected chi connectivity index (χ2v) is 6.05. The molecule has 2 rings (SSSR count). The second kappa shape index (κ2) is 7.53. The Morgan fingerprint density at radius 1 is 1.21 bits per heavy atom. The number of benzene rings is 1. The number of hydrogen-bond acceptors (Lipinski definition) is 5. The predicted octanol–water partition coefficient (Wildman–Crippen LogP) is 2.45. The molecule has 7 heteroatoms. The standard InChI is InChI=1S/C17H22N2O4S/c1-9(2)23-16(20)14-10(3)18-17(24)19-15(14)11-6-7-12(21-4)13(8-11)22-5/h6-9,15H,1-5H3,(H2,18,19,24). The summed E-state index contributed by atoms with van der Waals surface area (Å²) in [7, 11) is 3.14. The Balaban J connectivity index is 2.47. The molecule has 1 aliphatic rings. The van der Waals surface area contributed by atoms with Crippen molar-refractivity contribution in [3.63, 3.8) is 0 Å². The van der Waals surface area contributed by atoms with Gasteiger partial charge in [-0.15, -0.1) is 0 Å². The lowest BCUT2D eigenvalue weighted by molar-refractivity contribution is -0.143. The second-order valence-electron chi connectivity index (χ2n) is 5.64. The molecule has 1 atom stereocenters. The first kappa shape index (κ1) is 18.1. The minimum Gasteiger partial charge on any atom is -0.493 e. The molecule has 0 aromatic heterocycles. The lowest BCUT2D eigenvalue weighted by Gasteiger charge is -2.30. The van der Waals surface area contributed by atoms with E-state index in [0.29, 0.717) is 27.9 Å². The van der Waals surface area contributed by atoms with Crippen LogP contribution in [0.5, 0.6) is 11.5 Å². The van der Waals surface area contributed by atoms with E-state index in [2.05, 4.69) is 10.6 Å². The predicted molar refractivity (Wildman–Crippen MR) is 95.1 cm³/mol. The van der Waals surface area contributed by atoms with Crippen LogP contribution in [0.1, 0.15) is 32.4 Å². The van der Waals surface area contributed by atoms with Gasteiger partial charge < -0.3 is 24.8 Å². The lowest BCUT2D eigenvalue weighted by atomic mass is 9.95. The van der Waals surface area contributed by atoms with E-state index in [9.17, 15) is 4.79 Å². The highest BCUT2D eigenvalue weighted by Gasteiger charge is 2.31. The third-order valence-electron chi connectivity index (χ3n) is 3.57. The molecular weight excluding hydrogens is 328 g/mol. The van der Waals surface area contributed by atoms with E-state index >= 15 is 0 Å². The van der Waals surface area contributed by atoms with Gasteiger partial charge in [0.25, 0.3) is 0 Å². The molecule has 0 radical (unpaired) electrons. The number of allylic oxidation sites excluding steroid dienone is 1. The van der Waals surface area contributed by atoms with Gasteiger partial charge in [0.05, 0.1) is 31.9 Å². The number of nitrogens with one attached hydrogen (secondary N) is 2. The first-order chi connectivity index (χ1) is 11.4. The Kier molecular flexibility index (Phi) is 5.66. The zero-order valence-electron chi connectivity index (χ0n) is 14.4. The summed E-state index contributed by atoms with van der Waals surface area (Å²) in [5.41, 5.74) is 1.99. The van der Waals surface area contributed by atoms with Gasteiger partial charge in [0.2, 0.25) is 0 Å². The number of thiocarbonyl (C=S) groups is 1. The van der Waals surface area contributed by atoms with Crippen molar-refractivity contribution in [2.75, 3.05) is 14.2 Å². The number of rotatable bonds is 5. The number of ether oxygens (including phenoxy) is 3. The SMILES string of the molecule is COc1ccc(C2NC(=S)NC(C)=C2C(=O)OC(C)C)cc1OC. The molecule has 2 N–H and O–H groups in total. The fraction of sp³-hybridized carbons (Fsp3) is 0.412. The van der Waals surface area contributed by atoms with E-state index in [1.54, 1.807) is 27.2 Å². The maximum atomic E-state index is 12.5. The van der Waals surface area contributed by atoms with Crippen molar-refractivity contribution in [2.24, 2.45) is 0 Å². The van der Waals surface area contributed by atoms with Gasteiger partial charge in [-0.2, -0.15) is 0 Å². The molecule has 1 unspecified atom stereocenters. The number of esters is 1. The van der Waals surface area contributed by atoms with Crippen LogP contribution in [0.2, 0.25) is 0 Å². The Morgan fingerprint density at radius 3 is 2.46 bits per heavy atom. The zero-order chi connectivity index (χ0) is 17.9. The summed E-state index contributed by atoms with van der Waals surface area (Å²) in [6.07, 6.45) is -0.210. The smallest absolute Gasteiger partial charge is 0.338 e. The molecule has 1 aromatic carbocycles. The van der Waals surface area contributed by atoms with Crippen LogP contribution in [0, 0.1) is 0 Å². The van der Waals surface area contributed by atoms with Gasteiger partial charge in [0.15, 0.2) is 16.6 Å². The van der Waals surface area contributed by atoms with Crippen molar-refractivity contribution >= 4 is 23.3 Å². The summed E-state index contributed by atoms with van der Waals surface area (Å²) in [6.45, 7) is 5.43. The first-order valence-electron chi connectivity index (χ1n) is 7.58. The molecule has 0 bridgehead atoms. The average molecular weight is 350 g/mol. The van der Waals surface area contributed by atoms with Crippen LogP contribution in [-0.4, -0.2) is 31.4 Å². The van der Waals surface area contributed by atoms with Crippen molar-refractivity contribution < 1.29 is 19.0 Å². The molecule has 0 saturated heterocycles. The fourth-order valence-electron chi connectivity index (χ4n) is 2.52. The van der Waals surface area contributed by atoms with E-state index in [1.807, 2.05) is 26.0 Å². The maximum Gasteiger partial charge on any atom is 0.338 e. The maximum absolute atomic E-state index is 12.5. The van der Waals surface area contributed by atoms with Crippen LogP contribution in [0.4, 0.5) is 0 Å². The highest BCUT2D eigenvalue weighted by Crippen LogP contribution is 2.34. The van der Waals surface area contributed by atoms with Crippen molar-refractivity contribution in [2.45, 2.75) is 32.9 Å². The van der Waals surface area contributed by atoms with E-state index in [-0.39, 0.29) is 12.1 Å². The van der Waals surface area contributed by atoms with Crippen LogP contribution in [0.15, 0.2) is 29.5 Å². The van der Waals surface area contributed by atoms with Crippen LogP contribution in [0.25, 0.3) is 0 Å². The quantitative estimate of drug-likeness (QED) is 0.624. The van der Waals surface area contributed by atoms with Gasteiger partial charge in [0.1, 0.15) is 0 Å². The summed E-state index contributed by atoms with van der Waals surface area (Å²) in [5, 5.41) is 6.55. The summed E-state index contributed by atoms with van der Waals surface area (Å²) in [5.74, 6) is 0.810. The molecular formula is C17H22N2O4S. The zero-order valence-corrected chi connectivity index (χ0v) is 15.2. The Morgan fingerprint density at radius 2 is 1.88 bits per heavy atom. The molecule has 0 saturated carbocycles. The van der Waals surface area contributed by atoms with E-state index in [4.69, 9.17) is 26.4 Å². The number of hydrogen-bond donors (Lipinski definition) is 2. The molecule has 1 heterocycles. The molecule has 0 amide bonds. The van der Waals surface area contributed by atoms with Gasteiger partial charge >= 0.3 is 5.97 Å². The third kappa shape index (κ3) is 3.79. The van der Waals surface area contributed by atoms with Crippen LogP contribution >= 0.6 is 12.2 Å². The van der Waals surface area contributed by atoms with E-state index in [1.165, 1.54) is 0 Å². The summed E-state index contributed by atoms with van der Waals surface area (Å²) in [4.78, 5) is 12.5. The average Bonchev–Trinajstić information content (AvgIpc) is 2.52. The minimum absolute atomic E-state index is 0.210. The van der Waals surface area contributed by atoms with E-state index < -0.39 is 6.04 Å². The lowest BCUT2D eigenvalue weighted by Crippen LogP contribution is -2.45.